The first-order chi connectivity index (χ1) is 10.9. The first kappa shape index (κ1) is 14.9. The van der Waals surface area contributed by atoms with Crippen LogP contribution in [0.3, 0.4) is 0 Å². The summed E-state index contributed by atoms with van der Waals surface area (Å²) in [6.45, 7) is 3.23. The molecule has 1 aliphatic heterocycles. The van der Waals surface area contributed by atoms with Gasteiger partial charge in [0.25, 0.3) is 0 Å². The predicted molar refractivity (Wildman–Crippen MR) is 80.5 cm³/mol. The summed E-state index contributed by atoms with van der Waals surface area (Å²) in [7, 11) is 0. The van der Waals surface area contributed by atoms with Crippen molar-refractivity contribution in [1.82, 2.24) is 0 Å². The molecule has 1 aromatic carbocycles. The number of fused-ring (bicyclic) bond motifs is 1. The predicted octanol–water partition coefficient (Wildman–Crippen LogP) is 3.06. The van der Waals surface area contributed by atoms with Crippen molar-refractivity contribution in [2.24, 2.45) is 0 Å². The van der Waals surface area contributed by atoms with Crippen LogP contribution in [0, 0.1) is 6.92 Å². The Morgan fingerprint density at radius 3 is 2.74 bits per heavy atom. The molecule has 1 unspecified atom stereocenters. The molecule has 1 aromatic heterocycles. The maximum absolute atomic E-state index is 12.3. The Labute approximate surface area is 131 Å². The smallest absolute Gasteiger partial charge is 0.344 e. The Hall–Kier alpha value is -3.02. The number of ether oxygens (including phenoxy) is 2. The highest BCUT2D eigenvalue weighted by Crippen LogP contribution is 2.35. The third kappa shape index (κ3) is 2.96. The average molecular weight is 314 g/mol. The van der Waals surface area contributed by atoms with Gasteiger partial charge in [0.1, 0.15) is 23.0 Å². The highest BCUT2D eigenvalue weighted by Gasteiger charge is 2.28. The van der Waals surface area contributed by atoms with Gasteiger partial charge in [-0.05, 0) is 38.1 Å². The lowest BCUT2D eigenvalue weighted by Crippen LogP contribution is -2.22. The molecular weight excluding hydrogens is 300 g/mol. The molecule has 2 aromatic rings. The molecule has 1 N–H and O–H groups in total. The van der Waals surface area contributed by atoms with E-state index >= 15 is 0 Å². The Morgan fingerprint density at radius 1 is 1.30 bits per heavy atom. The molecule has 0 aliphatic carbocycles. The summed E-state index contributed by atoms with van der Waals surface area (Å²) in [6, 6.07) is 8.12. The first-order valence-corrected chi connectivity index (χ1v) is 6.98. The zero-order valence-corrected chi connectivity index (χ0v) is 12.5. The number of furan rings is 1. The van der Waals surface area contributed by atoms with Gasteiger partial charge in [-0.3, -0.25) is 4.79 Å². The number of carbonyl (C=O) groups excluding carboxylic acids is 1. The molecule has 6 nitrogen and oxygen atoms in total. The molecule has 2 heterocycles. The van der Waals surface area contributed by atoms with Crippen molar-refractivity contribution in [3.8, 4) is 11.5 Å². The molecule has 0 saturated heterocycles. The number of aryl methyl sites for hydroxylation is 1. The minimum atomic E-state index is -1.07. The number of rotatable bonds is 4. The van der Waals surface area contributed by atoms with Crippen LogP contribution in [0.25, 0.3) is 6.08 Å². The van der Waals surface area contributed by atoms with Gasteiger partial charge in [-0.1, -0.05) is 0 Å². The van der Waals surface area contributed by atoms with Crippen molar-refractivity contribution in [3.63, 3.8) is 0 Å². The third-order valence-corrected chi connectivity index (χ3v) is 3.34. The number of ketones is 1. The Bertz CT molecular complexity index is 814. The zero-order valence-electron chi connectivity index (χ0n) is 12.5. The van der Waals surface area contributed by atoms with Crippen molar-refractivity contribution in [1.29, 1.82) is 0 Å². The fourth-order valence-electron chi connectivity index (χ4n) is 2.16. The van der Waals surface area contributed by atoms with Gasteiger partial charge < -0.3 is 19.0 Å². The van der Waals surface area contributed by atoms with E-state index in [0.717, 1.165) is 5.76 Å². The van der Waals surface area contributed by atoms with Gasteiger partial charge in [0, 0.05) is 12.1 Å². The van der Waals surface area contributed by atoms with Crippen molar-refractivity contribution in [2.75, 3.05) is 0 Å². The van der Waals surface area contributed by atoms with Gasteiger partial charge in [-0.15, -0.1) is 0 Å². The van der Waals surface area contributed by atoms with E-state index in [4.69, 9.17) is 19.0 Å². The second-order valence-corrected chi connectivity index (χ2v) is 5.14. The topological polar surface area (TPSA) is 86.0 Å². The molecule has 0 saturated carbocycles. The monoisotopic (exact) mass is 314 g/mol. The number of carboxylic acids is 1. The number of benzene rings is 1. The molecule has 23 heavy (non-hydrogen) atoms. The normalized spacial score (nSPS) is 16.1. The number of hydrogen-bond acceptors (Lipinski definition) is 5. The van der Waals surface area contributed by atoms with Gasteiger partial charge in [0.2, 0.25) is 5.78 Å². The summed E-state index contributed by atoms with van der Waals surface area (Å²) in [5.41, 5.74) is 0.398. The fourth-order valence-corrected chi connectivity index (χ4v) is 2.16. The lowest BCUT2D eigenvalue weighted by atomic mass is 10.1. The van der Waals surface area contributed by atoms with Gasteiger partial charge in [-0.2, -0.15) is 0 Å². The zero-order chi connectivity index (χ0) is 16.6. The van der Waals surface area contributed by atoms with Crippen LogP contribution in [0.4, 0.5) is 0 Å². The maximum Gasteiger partial charge on any atom is 0.344 e. The number of hydrogen-bond donors (Lipinski definition) is 1. The Morgan fingerprint density at radius 2 is 2.09 bits per heavy atom. The molecule has 0 radical (unpaired) electrons. The van der Waals surface area contributed by atoms with Crippen LogP contribution in [0.1, 0.15) is 28.8 Å². The second-order valence-electron chi connectivity index (χ2n) is 5.14. The first-order valence-electron chi connectivity index (χ1n) is 6.98. The lowest BCUT2D eigenvalue weighted by Gasteiger charge is -2.10. The molecule has 1 aliphatic rings. The molecular formula is C17H14O6. The van der Waals surface area contributed by atoms with Gasteiger partial charge in [0.15, 0.2) is 11.9 Å². The summed E-state index contributed by atoms with van der Waals surface area (Å²) in [4.78, 5) is 23.1. The molecule has 3 rings (SSSR count). The standard InChI is InChI=1S/C17H14O6/c1-9-3-4-11(21-9)8-15-16(18)13-6-5-12(7-14(13)23-15)22-10(2)17(19)20/h3-8,10H,1-2H3,(H,19,20). The van der Waals surface area contributed by atoms with Crippen LogP contribution in [-0.2, 0) is 4.79 Å². The number of carbonyl (C=O) groups is 2. The molecule has 0 bridgehead atoms. The van der Waals surface area contributed by atoms with E-state index in [2.05, 4.69) is 0 Å². The summed E-state index contributed by atoms with van der Waals surface area (Å²) in [6.07, 6.45) is 0.529. The van der Waals surface area contributed by atoms with E-state index in [1.165, 1.54) is 19.1 Å². The lowest BCUT2D eigenvalue weighted by molar-refractivity contribution is -0.144. The molecule has 118 valence electrons. The van der Waals surface area contributed by atoms with Gasteiger partial charge in [0.05, 0.1) is 5.56 Å². The van der Waals surface area contributed by atoms with Crippen LogP contribution in [-0.4, -0.2) is 23.0 Å². The fraction of sp³-hybridized carbons (Fsp3) is 0.176. The number of carboxylic acid groups (broad SMARTS) is 1. The van der Waals surface area contributed by atoms with E-state index in [1.807, 2.05) is 0 Å². The largest absolute Gasteiger partial charge is 0.479 e. The van der Waals surface area contributed by atoms with E-state index in [-0.39, 0.29) is 11.5 Å². The summed E-state index contributed by atoms with van der Waals surface area (Å²) in [5, 5.41) is 8.86. The maximum atomic E-state index is 12.3. The van der Waals surface area contributed by atoms with Crippen molar-refractivity contribution < 1.29 is 28.6 Å². The minimum Gasteiger partial charge on any atom is -0.479 e. The molecule has 6 heteroatoms. The summed E-state index contributed by atoms with van der Waals surface area (Å²) in [5.74, 6) is 0.731. The van der Waals surface area contributed by atoms with Crippen LogP contribution in [0.5, 0.6) is 11.5 Å². The molecule has 0 spiro atoms. The number of allylic oxidation sites excluding steroid dienone is 1. The number of Topliss-reactive ketones (excluding diaryl/α,β-unsaturated/α-hetero) is 1. The van der Waals surface area contributed by atoms with Crippen LogP contribution in [0.2, 0.25) is 0 Å². The van der Waals surface area contributed by atoms with Crippen LogP contribution < -0.4 is 9.47 Å². The van der Waals surface area contributed by atoms with E-state index in [1.54, 1.807) is 31.2 Å². The second kappa shape index (κ2) is 5.64. The SMILES string of the molecule is Cc1ccc(C=C2Oc3cc(OC(C)C(=O)O)ccc3C2=O)o1. The van der Waals surface area contributed by atoms with Crippen molar-refractivity contribution in [2.45, 2.75) is 20.0 Å². The van der Waals surface area contributed by atoms with Crippen molar-refractivity contribution in [3.05, 3.63) is 53.2 Å². The van der Waals surface area contributed by atoms with E-state index < -0.39 is 12.1 Å². The Kier molecular flexibility index (Phi) is 3.65. The summed E-state index contributed by atoms with van der Waals surface area (Å²) >= 11 is 0. The minimum absolute atomic E-state index is 0.151. The van der Waals surface area contributed by atoms with Gasteiger partial charge >= 0.3 is 5.97 Å². The Balaban J connectivity index is 1.85. The van der Waals surface area contributed by atoms with E-state index in [9.17, 15) is 9.59 Å². The van der Waals surface area contributed by atoms with Gasteiger partial charge in [-0.25, -0.2) is 4.79 Å². The van der Waals surface area contributed by atoms with E-state index in [0.29, 0.717) is 22.8 Å². The van der Waals surface area contributed by atoms with Crippen LogP contribution in [0.15, 0.2) is 40.5 Å². The average Bonchev–Trinajstić information content (AvgIpc) is 3.03. The third-order valence-electron chi connectivity index (χ3n) is 3.34. The highest BCUT2D eigenvalue weighted by molar-refractivity contribution is 6.14. The number of aliphatic carboxylic acids is 1. The molecule has 1 atom stereocenters. The molecule has 0 fully saturated rings. The van der Waals surface area contributed by atoms with Crippen LogP contribution >= 0.6 is 0 Å². The summed E-state index contributed by atoms with van der Waals surface area (Å²) < 4.78 is 16.2. The molecule has 0 amide bonds. The quantitative estimate of drug-likeness (QED) is 0.873. The van der Waals surface area contributed by atoms with Crippen molar-refractivity contribution >= 4 is 17.8 Å². The highest BCUT2D eigenvalue weighted by atomic mass is 16.5.